The monoisotopic (exact) mass is 773 g/mol. The highest BCUT2D eigenvalue weighted by Crippen LogP contribution is 2.48. The lowest BCUT2D eigenvalue weighted by Gasteiger charge is -2.50. The number of rotatable bonds is 19. The highest BCUT2D eigenvalue weighted by atomic mass is 31.2. The van der Waals surface area contributed by atoms with Crippen molar-refractivity contribution in [2.45, 2.75) is 67.2 Å². The lowest BCUT2D eigenvalue weighted by molar-refractivity contribution is -0.377. The van der Waals surface area contributed by atoms with Crippen LogP contribution in [0.5, 0.6) is 0 Å². The summed E-state index contributed by atoms with van der Waals surface area (Å²) in [4.78, 5) is 65.3. The van der Waals surface area contributed by atoms with Crippen molar-refractivity contribution < 1.29 is 92.3 Å². The lowest BCUT2D eigenvalue weighted by Crippen LogP contribution is -2.70. The van der Waals surface area contributed by atoms with Crippen LogP contribution in [-0.4, -0.2) is 166 Å². The third-order valence-electron chi connectivity index (χ3n) is 7.53. The molecule has 0 bridgehead atoms. The quantitative estimate of drug-likeness (QED) is 0.0465. The van der Waals surface area contributed by atoms with Gasteiger partial charge in [-0.3, -0.25) is 18.5 Å². The average molecular weight is 774 g/mol. The van der Waals surface area contributed by atoms with Gasteiger partial charge in [0.15, 0.2) is 6.23 Å². The fourth-order valence-electron chi connectivity index (χ4n) is 4.94. The summed E-state index contributed by atoms with van der Waals surface area (Å²) in [6.07, 6.45) is -17.1. The third-order valence-corrected chi connectivity index (χ3v) is 8.52. The van der Waals surface area contributed by atoms with E-state index in [1.807, 2.05) is 0 Å². The number of carbonyl (C=O) groups is 3. The Labute approximate surface area is 293 Å². The molecule has 2 amide bonds. The number of nitrogens with zero attached hydrogens (tertiary/aromatic N) is 2. The summed E-state index contributed by atoms with van der Waals surface area (Å²) in [6.45, 7) is -2.78. The van der Waals surface area contributed by atoms with Gasteiger partial charge in [0.05, 0.1) is 45.2 Å². The second-order valence-corrected chi connectivity index (χ2v) is 12.6. The van der Waals surface area contributed by atoms with Gasteiger partial charge in [0.2, 0.25) is 11.7 Å². The molecule has 11 atom stereocenters. The highest BCUT2D eigenvalue weighted by Gasteiger charge is 2.54. The highest BCUT2D eigenvalue weighted by molar-refractivity contribution is 7.45. The number of carboxylic acid groups (broad SMARTS) is 1. The summed E-state index contributed by atoms with van der Waals surface area (Å²) in [7, 11) is -4.46. The number of aliphatic hydroxyl groups is 6. The second kappa shape index (κ2) is 19.1. The van der Waals surface area contributed by atoms with Crippen LogP contribution in [0.4, 0.5) is 10.6 Å². The van der Waals surface area contributed by atoms with Gasteiger partial charge in [-0.1, -0.05) is 0 Å². The molecule has 2 aliphatic heterocycles. The number of hydrogen-bond acceptors (Lipinski definition) is 22. The van der Waals surface area contributed by atoms with Gasteiger partial charge >= 0.3 is 11.8 Å². The zero-order valence-electron chi connectivity index (χ0n) is 27.3. The number of carbonyl (C=O) groups excluding carboxylic acids is 3. The van der Waals surface area contributed by atoms with E-state index in [-0.39, 0.29) is 25.6 Å². The molecule has 1 aromatic rings. The van der Waals surface area contributed by atoms with E-state index in [0.29, 0.717) is 6.61 Å². The molecule has 26 heteroatoms. The third kappa shape index (κ3) is 11.3. The summed E-state index contributed by atoms with van der Waals surface area (Å²) in [5.41, 5.74) is 4.43. The van der Waals surface area contributed by atoms with E-state index < -0.39 is 118 Å². The number of phosphoric ester groups is 1. The predicted molar refractivity (Wildman–Crippen MR) is 160 cm³/mol. The fourth-order valence-corrected chi connectivity index (χ4v) is 5.88. The molecule has 25 nitrogen and oxygen atoms in total. The minimum Gasteiger partial charge on any atom is -0.756 e. The van der Waals surface area contributed by atoms with Gasteiger partial charge in [-0.2, -0.15) is 4.98 Å². The molecule has 3 heterocycles. The molecule has 0 aliphatic carbocycles. The van der Waals surface area contributed by atoms with E-state index in [2.05, 4.69) is 24.7 Å². The molecule has 2 saturated heterocycles. The predicted octanol–water partition coefficient (Wildman–Crippen LogP) is -7.87. The van der Waals surface area contributed by atoms with Crippen LogP contribution in [0.3, 0.4) is 0 Å². The van der Waals surface area contributed by atoms with Crippen molar-refractivity contribution in [1.29, 1.82) is 0 Å². The number of alkyl carbamates (subject to hydrolysis) is 1. The molecule has 1 aromatic heterocycles. The van der Waals surface area contributed by atoms with E-state index in [1.54, 1.807) is 0 Å². The van der Waals surface area contributed by atoms with Crippen molar-refractivity contribution in [3.8, 4) is 0 Å². The first-order valence-electron chi connectivity index (χ1n) is 15.3. The van der Waals surface area contributed by atoms with Crippen LogP contribution in [0.2, 0.25) is 0 Å². The Morgan fingerprint density at radius 2 is 1.88 bits per heavy atom. The number of nitrogens with one attached hydrogen (secondary N) is 2. The van der Waals surface area contributed by atoms with Crippen molar-refractivity contribution in [3.05, 3.63) is 22.7 Å². The van der Waals surface area contributed by atoms with Gasteiger partial charge in [0.1, 0.15) is 61.6 Å². The summed E-state index contributed by atoms with van der Waals surface area (Å²) in [5, 5.41) is 78.2. The number of aliphatic carboxylic acids is 1. The minimum absolute atomic E-state index is 0.00965. The molecule has 52 heavy (non-hydrogen) atoms. The normalized spacial score (nSPS) is 29.8. The van der Waals surface area contributed by atoms with Crippen molar-refractivity contribution in [2.75, 3.05) is 59.0 Å². The Morgan fingerprint density at radius 1 is 1.19 bits per heavy atom. The van der Waals surface area contributed by atoms with Crippen molar-refractivity contribution in [3.63, 3.8) is 0 Å². The summed E-state index contributed by atoms with van der Waals surface area (Å²) in [5.74, 6) is -7.21. The van der Waals surface area contributed by atoms with E-state index >= 15 is 0 Å². The smallest absolute Gasteiger partial charge is 0.407 e. The Balaban J connectivity index is 1.69. The number of carboxylic acids is 1. The first-order chi connectivity index (χ1) is 24.4. The molecule has 2 fully saturated rings. The number of aromatic nitrogens is 2. The Bertz CT molecular complexity index is 1470. The van der Waals surface area contributed by atoms with Gasteiger partial charge < -0.3 is 90.0 Å². The molecule has 0 saturated carbocycles. The van der Waals surface area contributed by atoms with Gasteiger partial charge in [-0.15, -0.1) is 0 Å². The number of hydrogen-bond donors (Lipinski definition) is 9. The van der Waals surface area contributed by atoms with Crippen LogP contribution in [0, 0.1) is 0 Å². The van der Waals surface area contributed by atoms with Crippen LogP contribution in [0.15, 0.2) is 17.1 Å². The largest absolute Gasteiger partial charge is 0.756 e. The van der Waals surface area contributed by atoms with Gasteiger partial charge in [0.25, 0.3) is 7.82 Å². The van der Waals surface area contributed by atoms with Crippen molar-refractivity contribution >= 4 is 31.6 Å². The number of nitrogen functional groups attached to an aromatic ring is 1. The van der Waals surface area contributed by atoms with Crippen molar-refractivity contribution in [2.24, 2.45) is 0 Å². The molecule has 6 unspecified atom stereocenters. The van der Waals surface area contributed by atoms with E-state index in [9.17, 15) is 64.4 Å². The molecule has 0 aromatic carbocycles. The van der Waals surface area contributed by atoms with E-state index in [0.717, 1.165) is 10.8 Å². The summed E-state index contributed by atoms with van der Waals surface area (Å²) >= 11 is 0. The topological polar surface area (TPSA) is 385 Å². The van der Waals surface area contributed by atoms with E-state index in [4.69, 9.17) is 29.4 Å². The number of nitrogens with two attached hydrogens (primary N) is 1. The summed E-state index contributed by atoms with van der Waals surface area (Å²) < 4.78 is 48.2. The molecule has 0 spiro atoms. The molecular weight excluding hydrogens is 733 g/mol. The Hall–Kier alpha value is -3.40. The first kappa shape index (κ1) is 43.0. The molecule has 10 N–H and O–H groups in total. The first-order valence-corrected chi connectivity index (χ1v) is 16.7. The van der Waals surface area contributed by atoms with Crippen LogP contribution in [0.25, 0.3) is 0 Å². The minimum atomic E-state index is -5.92. The fraction of sp³-hybridized carbons (Fsp3) is 0.731. The van der Waals surface area contributed by atoms with Gasteiger partial charge in [-0.25, -0.2) is 9.59 Å². The summed E-state index contributed by atoms with van der Waals surface area (Å²) in [6, 6.07) is -0.672. The standard InChI is InChI=1S/C26H42N5O20P/c1-45-4-5-46-6-7-47-25(42)28-9-16(35)30-17-12(33)8-26(23(39)40,50-21(17)18(36)13(34)10-32)51-52(43,44)48-11-14-19(37)20(38)22(49-14)31-3-2-15(27)29-24(31)41/h2-3,12-14,17-22,32-34,36-38H,4-11H2,1H3,(H,28,42)(H,30,35)(H,39,40)(H,43,44)(H2,27,29,41)/p-2/t12?,13-,14?,17?,18-,19-,20-,21?,22-,26?/m1/s1. The number of anilines is 1. The molecule has 3 rings (SSSR count). The van der Waals surface area contributed by atoms with Crippen LogP contribution in [-0.2, 0) is 46.9 Å². The maximum absolute atomic E-state index is 12.9. The number of aliphatic hydroxyl groups excluding tert-OH is 6. The van der Waals surface area contributed by atoms with Gasteiger partial charge in [-0.05, 0) is 6.07 Å². The molecule has 2 aliphatic rings. The lowest BCUT2D eigenvalue weighted by atomic mass is 9.88. The zero-order valence-corrected chi connectivity index (χ0v) is 28.2. The molecule has 296 valence electrons. The van der Waals surface area contributed by atoms with Crippen LogP contribution >= 0.6 is 7.82 Å². The Morgan fingerprint density at radius 3 is 2.52 bits per heavy atom. The molecule has 0 radical (unpaired) electrons. The van der Waals surface area contributed by atoms with Crippen LogP contribution < -0.4 is 32.1 Å². The molecular formula is C26H40N5O20P-2. The SMILES string of the molecule is COCCOCCOC(=O)NCC(=O)NC1C(O)CC(OP(=O)([O-])OCC2O[C@@H](n3ccc(N)nc3=O)[C@H](O)[C@@H]2O)(C(=O)[O-])OC1[C@H](O)[C@H](O)CO. The Kier molecular flexibility index (Phi) is 15.8. The maximum atomic E-state index is 12.9. The second-order valence-electron chi connectivity index (χ2n) is 11.2. The number of ether oxygens (including phenoxy) is 5. The van der Waals surface area contributed by atoms with Crippen molar-refractivity contribution in [1.82, 2.24) is 20.2 Å². The van der Waals surface area contributed by atoms with Gasteiger partial charge in [0, 0.05) is 19.7 Å². The van der Waals surface area contributed by atoms with E-state index in [1.165, 1.54) is 13.2 Å². The maximum Gasteiger partial charge on any atom is 0.407 e. The number of amides is 2. The number of methoxy groups -OCH3 is 1. The number of phosphoric acid groups is 1. The van der Waals surface area contributed by atoms with Crippen LogP contribution in [0.1, 0.15) is 12.6 Å². The average Bonchev–Trinajstić information content (AvgIpc) is 3.36. The zero-order chi connectivity index (χ0) is 38.8.